The summed E-state index contributed by atoms with van der Waals surface area (Å²) < 4.78 is 28.7. The van der Waals surface area contributed by atoms with Crippen molar-refractivity contribution >= 4 is 15.7 Å². The Morgan fingerprint density at radius 1 is 1.33 bits per heavy atom. The molecule has 1 aromatic heterocycles. The first kappa shape index (κ1) is 16.4. The summed E-state index contributed by atoms with van der Waals surface area (Å²) in [5.74, 6) is 0. The number of aromatic nitrogens is 1. The van der Waals surface area contributed by atoms with Gasteiger partial charge >= 0.3 is 0 Å². The molecule has 24 heavy (non-hydrogen) atoms. The molecule has 1 aliphatic heterocycles. The van der Waals surface area contributed by atoms with Crippen molar-refractivity contribution in [3.05, 3.63) is 53.7 Å². The van der Waals surface area contributed by atoms with Crippen LogP contribution in [0, 0.1) is 11.3 Å². The van der Waals surface area contributed by atoms with Crippen LogP contribution < -0.4 is 10.0 Å². The van der Waals surface area contributed by atoms with Crippen LogP contribution in [-0.4, -0.2) is 33.1 Å². The Labute approximate surface area is 140 Å². The molecule has 2 heterocycles. The monoisotopic (exact) mass is 344 g/mol. The number of hydrogen-bond donors (Lipinski definition) is 1. The zero-order valence-electron chi connectivity index (χ0n) is 12.8. The van der Waals surface area contributed by atoms with Gasteiger partial charge in [0.2, 0.25) is 0 Å². The van der Waals surface area contributed by atoms with E-state index < -0.39 is 10.0 Å². The largest absolute Gasteiger partial charge is 0.370 e. The minimum atomic E-state index is -3.84. The van der Waals surface area contributed by atoms with Gasteiger partial charge in [-0.3, -0.25) is 0 Å². The normalized spacial score (nSPS) is 18.2. The Bertz CT molecular complexity index is 892. The fourth-order valence-corrected chi connectivity index (χ4v) is 3.14. The van der Waals surface area contributed by atoms with Crippen molar-refractivity contribution in [3.63, 3.8) is 0 Å². The minimum absolute atomic E-state index is 0.158. The van der Waals surface area contributed by atoms with Gasteiger partial charge in [-0.25, -0.2) is 18.5 Å². The van der Waals surface area contributed by atoms with Crippen molar-refractivity contribution in [2.75, 3.05) is 24.6 Å². The second-order valence-corrected chi connectivity index (χ2v) is 6.95. The predicted molar refractivity (Wildman–Crippen MR) is 87.7 cm³/mol. The maximum atomic E-state index is 11.5. The molecule has 1 fully saturated rings. The highest BCUT2D eigenvalue weighted by Crippen LogP contribution is 2.27. The summed E-state index contributed by atoms with van der Waals surface area (Å²) in [4.78, 5) is 5.82. The molecule has 8 heteroatoms. The van der Waals surface area contributed by atoms with Crippen LogP contribution in [0.5, 0.6) is 0 Å². The van der Waals surface area contributed by atoms with E-state index in [1.165, 1.54) is 12.3 Å². The molecule has 3 rings (SSSR count). The third-order valence-electron chi connectivity index (χ3n) is 3.83. The molecule has 0 radical (unpaired) electrons. The summed E-state index contributed by atoms with van der Waals surface area (Å²) >= 11 is 0. The van der Waals surface area contributed by atoms with E-state index in [0.717, 1.165) is 11.3 Å². The highest BCUT2D eigenvalue weighted by Gasteiger charge is 2.23. The summed E-state index contributed by atoms with van der Waals surface area (Å²) in [6.07, 6.45) is 1.23. The van der Waals surface area contributed by atoms with Crippen LogP contribution in [0.2, 0.25) is 0 Å². The molecular formula is C16H16N4O3S. The quantitative estimate of drug-likeness (QED) is 0.895. The van der Waals surface area contributed by atoms with Crippen molar-refractivity contribution in [1.82, 2.24) is 4.98 Å². The summed E-state index contributed by atoms with van der Waals surface area (Å²) in [5.41, 5.74) is 2.21. The number of morpholine rings is 1. The highest BCUT2D eigenvalue weighted by atomic mass is 32.2. The second kappa shape index (κ2) is 6.57. The van der Waals surface area contributed by atoms with Gasteiger partial charge in [0.15, 0.2) is 5.03 Å². The van der Waals surface area contributed by atoms with Crippen molar-refractivity contribution in [3.8, 4) is 6.07 Å². The zero-order valence-corrected chi connectivity index (χ0v) is 13.6. The Morgan fingerprint density at radius 3 is 2.92 bits per heavy atom. The number of nitriles is 1. The molecule has 1 aliphatic rings. The number of benzene rings is 1. The van der Waals surface area contributed by atoms with Crippen LogP contribution in [0.25, 0.3) is 0 Å². The topological polar surface area (TPSA) is 109 Å². The van der Waals surface area contributed by atoms with Gasteiger partial charge in [-0.05, 0) is 23.8 Å². The van der Waals surface area contributed by atoms with E-state index in [-0.39, 0.29) is 11.1 Å². The van der Waals surface area contributed by atoms with Gasteiger partial charge in [0.25, 0.3) is 10.0 Å². The molecule has 0 amide bonds. The van der Waals surface area contributed by atoms with Crippen molar-refractivity contribution in [2.24, 2.45) is 5.14 Å². The Kier molecular flexibility index (Phi) is 4.49. The summed E-state index contributed by atoms with van der Waals surface area (Å²) in [7, 11) is -3.84. The number of nitrogens with zero attached hydrogens (tertiary/aromatic N) is 3. The number of primary sulfonamides is 1. The number of sulfonamides is 1. The third-order valence-corrected chi connectivity index (χ3v) is 4.64. The summed E-state index contributed by atoms with van der Waals surface area (Å²) in [6, 6.07) is 12.6. The first-order valence-corrected chi connectivity index (χ1v) is 8.87. The number of pyridine rings is 1. The van der Waals surface area contributed by atoms with Gasteiger partial charge in [0.1, 0.15) is 6.10 Å². The second-order valence-electron chi connectivity index (χ2n) is 5.44. The Balaban J connectivity index is 1.85. The van der Waals surface area contributed by atoms with E-state index in [1.54, 1.807) is 18.2 Å². The first-order valence-electron chi connectivity index (χ1n) is 7.33. The van der Waals surface area contributed by atoms with Gasteiger partial charge in [0, 0.05) is 31.0 Å². The number of ether oxygens (including phenoxy) is 1. The molecule has 2 N–H and O–H groups in total. The summed E-state index contributed by atoms with van der Waals surface area (Å²) in [6.45, 7) is 1.67. The van der Waals surface area contributed by atoms with Crippen LogP contribution in [0.3, 0.4) is 0 Å². The maximum Gasteiger partial charge on any atom is 0.255 e. The van der Waals surface area contributed by atoms with Crippen molar-refractivity contribution in [1.29, 1.82) is 5.26 Å². The lowest BCUT2D eigenvalue weighted by atomic mass is 10.0. The molecule has 1 aromatic carbocycles. The zero-order chi connectivity index (χ0) is 17.2. The molecule has 1 atom stereocenters. The molecule has 0 bridgehead atoms. The van der Waals surface area contributed by atoms with E-state index in [0.29, 0.717) is 25.3 Å². The van der Waals surface area contributed by atoms with Gasteiger partial charge in [0.05, 0.1) is 18.2 Å². The van der Waals surface area contributed by atoms with Gasteiger partial charge < -0.3 is 9.64 Å². The van der Waals surface area contributed by atoms with E-state index in [4.69, 9.17) is 15.1 Å². The SMILES string of the molecule is N#Cc1cccc(C2CN(c3ccnc(S(N)(=O)=O)c3)CCO2)c1. The van der Waals surface area contributed by atoms with Crippen LogP contribution >= 0.6 is 0 Å². The number of hydrogen-bond acceptors (Lipinski definition) is 6. The lowest BCUT2D eigenvalue weighted by molar-refractivity contribution is 0.0397. The maximum absolute atomic E-state index is 11.5. The van der Waals surface area contributed by atoms with Gasteiger partial charge in [-0.1, -0.05) is 12.1 Å². The molecule has 7 nitrogen and oxygen atoms in total. The molecule has 124 valence electrons. The fraction of sp³-hybridized carbons (Fsp3) is 0.250. The molecule has 1 unspecified atom stereocenters. The van der Waals surface area contributed by atoms with Gasteiger partial charge in [-0.15, -0.1) is 0 Å². The van der Waals surface area contributed by atoms with E-state index in [2.05, 4.69) is 11.1 Å². The van der Waals surface area contributed by atoms with E-state index >= 15 is 0 Å². The Hall–Kier alpha value is -2.47. The standard InChI is InChI=1S/C16H16N4O3S/c17-10-12-2-1-3-13(8-12)15-11-20(6-7-23-15)14-4-5-19-16(9-14)24(18,21)22/h1-5,8-9,15H,6-7,11H2,(H2,18,21,22). The molecule has 0 aliphatic carbocycles. The van der Waals surface area contributed by atoms with Crippen LogP contribution in [0.1, 0.15) is 17.2 Å². The van der Waals surface area contributed by atoms with Crippen LogP contribution in [0.15, 0.2) is 47.6 Å². The molecule has 0 spiro atoms. The number of anilines is 1. The molecular weight excluding hydrogens is 328 g/mol. The minimum Gasteiger partial charge on any atom is -0.370 e. The Morgan fingerprint density at radius 2 is 2.17 bits per heavy atom. The first-order chi connectivity index (χ1) is 11.5. The smallest absolute Gasteiger partial charge is 0.255 e. The lowest BCUT2D eigenvalue weighted by Gasteiger charge is -2.34. The van der Waals surface area contributed by atoms with E-state index in [1.807, 2.05) is 17.0 Å². The highest BCUT2D eigenvalue weighted by molar-refractivity contribution is 7.89. The van der Waals surface area contributed by atoms with Crippen LogP contribution in [0.4, 0.5) is 5.69 Å². The van der Waals surface area contributed by atoms with Gasteiger partial charge in [-0.2, -0.15) is 5.26 Å². The molecule has 0 saturated carbocycles. The molecule has 1 saturated heterocycles. The fourth-order valence-electron chi connectivity index (χ4n) is 2.65. The average molecular weight is 344 g/mol. The van der Waals surface area contributed by atoms with Crippen molar-refractivity contribution in [2.45, 2.75) is 11.1 Å². The van der Waals surface area contributed by atoms with Crippen LogP contribution in [-0.2, 0) is 14.8 Å². The number of rotatable bonds is 3. The predicted octanol–water partition coefficient (Wildman–Crippen LogP) is 1.18. The molecule has 2 aromatic rings. The van der Waals surface area contributed by atoms with E-state index in [9.17, 15) is 8.42 Å². The number of nitrogens with two attached hydrogens (primary N) is 1. The summed E-state index contributed by atoms with van der Waals surface area (Å²) in [5, 5.41) is 14.0. The van der Waals surface area contributed by atoms with Crippen molar-refractivity contribution < 1.29 is 13.2 Å². The third kappa shape index (κ3) is 3.54. The average Bonchev–Trinajstić information content (AvgIpc) is 2.61. The lowest BCUT2D eigenvalue weighted by Crippen LogP contribution is -2.38.